The van der Waals surface area contributed by atoms with Crippen molar-refractivity contribution in [3.05, 3.63) is 17.8 Å². The van der Waals surface area contributed by atoms with Crippen LogP contribution in [0.15, 0.2) is 10.6 Å². The molecule has 0 amide bonds. The first-order valence-corrected chi connectivity index (χ1v) is 4.44. The van der Waals surface area contributed by atoms with Crippen LogP contribution in [0, 0.1) is 0 Å². The maximum Gasteiger partial charge on any atom is 0.194 e. The fraction of sp³-hybridized carbons (Fsp3) is 0.667. The molecule has 0 bridgehead atoms. The number of oxazole rings is 1. The summed E-state index contributed by atoms with van der Waals surface area (Å²) in [5.41, 5.74) is 0. The van der Waals surface area contributed by atoms with Gasteiger partial charge in [-0.3, -0.25) is 0 Å². The van der Waals surface area contributed by atoms with Crippen LogP contribution in [0.4, 0.5) is 0 Å². The molecule has 0 spiro atoms. The molecule has 0 atom stereocenters. The van der Waals surface area contributed by atoms with E-state index in [1.54, 1.807) is 13.3 Å². The van der Waals surface area contributed by atoms with Gasteiger partial charge in [-0.05, 0) is 20.0 Å². The summed E-state index contributed by atoms with van der Waals surface area (Å²) in [7, 11) is 3.58. The Balaban J connectivity index is 2.31. The van der Waals surface area contributed by atoms with Gasteiger partial charge in [-0.25, -0.2) is 4.98 Å². The Labute approximate surface area is 78.3 Å². The summed E-state index contributed by atoms with van der Waals surface area (Å²) in [5.74, 6) is 1.59. The molecule has 0 saturated heterocycles. The lowest BCUT2D eigenvalue weighted by atomic mass is 10.3. The lowest BCUT2D eigenvalue weighted by Gasteiger charge is -1.95. The van der Waals surface area contributed by atoms with Crippen molar-refractivity contribution in [3.63, 3.8) is 0 Å². The minimum atomic E-state index is 0.499. The fourth-order valence-electron chi connectivity index (χ4n) is 1.09. The first-order chi connectivity index (χ1) is 6.36. The molecule has 0 unspecified atom stereocenters. The van der Waals surface area contributed by atoms with Crippen molar-refractivity contribution in [3.8, 4) is 0 Å². The van der Waals surface area contributed by atoms with Crippen LogP contribution in [0.25, 0.3) is 0 Å². The van der Waals surface area contributed by atoms with Gasteiger partial charge < -0.3 is 14.5 Å². The van der Waals surface area contributed by atoms with Crippen LogP contribution in [0.3, 0.4) is 0 Å². The van der Waals surface area contributed by atoms with Crippen molar-refractivity contribution >= 4 is 0 Å². The molecule has 13 heavy (non-hydrogen) atoms. The van der Waals surface area contributed by atoms with E-state index < -0.39 is 0 Å². The van der Waals surface area contributed by atoms with E-state index in [0.717, 1.165) is 31.0 Å². The number of rotatable bonds is 6. The molecule has 4 nitrogen and oxygen atoms in total. The lowest BCUT2D eigenvalue weighted by molar-refractivity contribution is 0.162. The molecule has 0 aliphatic carbocycles. The van der Waals surface area contributed by atoms with Gasteiger partial charge in [-0.2, -0.15) is 0 Å². The third-order valence-electron chi connectivity index (χ3n) is 1.71. The largest absolute Gasteiger partial charge is 0.443 e. The predicted octanol–water partition coefficient (Wildman–Crippen LogP) is 0.973. The van der Waals surface area contributed by atoms with Gasteiger partial charge in [-0.15, -0.1) is 0 Å². The highest BCUT2D eigenvalue weighted by Crippen LogP contribution is 2.06. The van der Waals surface area contributed by atoms with Gasteiger partial charge in [0, 0.05) is 13.5 Å². The summed E-state index contributed by atoms with van der Waals surface area (Å²) in [6.45, 7) is 1.49. The smallest absolute Gasteiger partial charge is 0.194 e. The monoisotopic (exact) mass is 184 g/mol. The third kappa shape index (κ3) is 3.57. The molecule has 0 fully saturated rings. The van der Waals surface area contributed by atoms with E-state index in [2.05, 4.69) is 10.3 Å². The fourth-order valence-corrected chi connectivity index (χ4v) is 1.09. The number of nitrogens with zero attached hydrogens (tertiary/aromatic N) is 1. The van der Waals surface area contributed by atoms with Crippen molar-refractivity contribution < 1.29 is 9.15 Å². The molecule has 0 aromatic carbocycles. The van der Waals surface area contributed by atoms with E-state index in [-0.39, 0.29) is 0 Å². The van der Waals surface area contributed by atoms with Crippen molar-refractivity contribution in [1.29, 1.82) is 0 Å². The molecule has 1 aromatic rings. The Hall–Kier alpha value is -0.870. The van der Waals surface area contributed by atoms with Gasteiger partial charge >= 0.3 is 0 Å². The number of methoxy groups -OCH3 is 1. The zero-order chi connectivity index (χ0) is 9.52. The summed E-state index contributed by atoms with van der Waals surface area (Å²) in [5, 5.41) is 3.08. The number of nitrogens with one attached hydrogen (secondary N) is 1. The van der Waals surface area contributed by atoms with E-state index in [0.29, 0.717) is 6.61 Å². The minimum Gasteiger partial charge on any atom is -0.443 e. The van der Waals surface area contributed by atoms with Gasteiger partial charge in [0.25, 0.3) is 0 Å². The summed E-state index contributed by atoms with van der Waals surface area (Å²) in [4.78, 5) is 4.13. The minimum absolute atomic E-state index is 0.499. The zero-order valence-electron chi connectivity index (χ0n) is 8.17. The number of ether oxygens (including phenoxy) is 1. The van der Waals surface area contributed by atoms with Crippen molar-refractivity contribution in [2.24, 2.45) is 0 Å². The summed E-state index contributed by atoms with van der Waals surface area (Å²) in [6, 6.07) is 0. The van der Waals surface area contributed by atoms with Gasteiger partial charge in [0.05, 0.1) is 6.20 Å². The van der Waals surface area contributed by atoms with Gasteiger partial charge in [0.1, 0.15) is 12.4 Å². The Morgan fingerprint density at radius 2 is 2.46 bits per heavy atom. The standard InChI is InChI=1S/C9H16N2O2/c1-10-5-3-4-9-11-6-8(13-9)7-12-2/h6,10H,3-5,7H2,1-2H3. The molecule has 0 aliphatic heterocycles. The highest BCUT2D eigenvalue weighted by Gasteiger charge is 2.02. The quantitative estimate of drug-likeness (QED) is 0.669. The topological polar surface area (TPSA) is 47.3 Å². The van der Waals surface area contributed by atoms with E-state index in [1.165, 1.54) is 0 Å². The predicted molar refractivity (Wildman–Crippen MR) is 49.5 cm³/mol. The van der Waals surface area contributed by atoms with Crippen LogP contribution >= 0.6 is 0 Å². The Morgan fingerprint density at radius 1 is 1.62 bits per heavy atom. The molecule has 0 saturated carbocycles. The normalized spacial score (nSPS) is 10.6. The average molecular weight is 184 g/mol. The van der Waals surface area contributed by atoms with Crippen LogP contribution in [0.2, 0.25) is 0 Å². The number of aryl methyl sites for hydroxylation is 1. The maximum absolute atomic E-state index is 5.41. The second kappa shape index (κ2) is 5.72. The zero-order valence-corrected chi connectivity index (χ0v) is 8.17. The number of aromatic nitrogens is 1. The molecular formula is C9H16N2O2. The molecule has 1 aromatic heterocycles. The molecule has 1 heterocycles. The van der Waals surface area contributed by atoms with Crippen LogP contribution in [0.5, 0.6) is 0 Å². The Bertz CT molecular complexity index is 235. The lowest BCUT2D eigenvalue weighted by Crippen LogP contribution is -2.08. The molecule has 1 rings (SSSR count). The van der Waals surface area contributed by atoms with E-state index in [9.17, 15) is 0 Å². The van der Waals surface area contributed by atoms with Gasteiger partial charge in [0.15, 0.2) is 5.89 Å². The van der Waals surface area contributed by atoms with Crippen LogP contribution < -0.4 is 5.32 Å². The molecule has 74 valence electrons. The third-order valence-corrected chi connectivity index (χ3v) is 1.71. The molecule has 1 N–H and O–H groups in total. The van der Waals surface area contributed by atoms with Crippen molar-refractivity contribution in [1.82, 2.24) is 10.3 Å². The van der Waals surface area contributed by atoms with Gasteiger partial charge in [0.2, 0.25) is 0 Å². The van der Waals surface area contributed by atoms with E-state index in [4.69, 9.17) is 9.15 Å². The Kier molecular flexibility index (Phi) is 4.49. The SMILES string of the molecule is CNCCCc1ncc(COC)o1. The number of hydrogen-bond donors (Lipinski definition) is 1. The van der Waals surface area contributed by atoms with Crippen LogP contribution in [-0.4, -0.2) is 25.7 Å². The molecular weight excluding hydrogens is 168 g/mol. The highest BCUT2D eigenvalue weighted by atomic mass is 16.5. The maximum atomic E-state index is 5.41. The molecule has 4 heteroatoms. The van der Waals surface area contributed by atoms with Crippen LogP contribution in [-0.2, 0) is 17.8 Å². The second-order valence-electron chi connectivity index (χ2n) is 2.86. The molecule has 0 radical (unpaired) electrons. The summed E-state index contributed by atoms with van der Waals surface area (Å²) >= 11 is 0. The first kappa shape index (κ1) is 10.2. The Morgan fingerprint density at radius 3 is 3.15 bits per heavy atom. The second-order valence-corrected chi connectivity index (χ2v) is 2.86. The van der Waals surface area contributed by atoms with E-state index in [1.807, 2.05) is 7.05 Å². The summed E-state index contributed by atoms with van der Waals surface area (Å²) in [6.07, 6.45) is 3.65. The summed E-state index contributed by atoms with van der Waals surface area (Å²) < 4.78 is 10.3. The van der Waals surface area contributed by atoms with Gasteiger partial charge in [-0.1, -0.05) is 0 Å². The number of hydrogen-bond acceptors (Lipinski definition) is 4. The molecule has 0 aliphatic rings. The first-order valence-electron chi connectivity index (χ1n) is 4.44. The van der Waals surface area contributed by atoms with E-state index >= 15 is 0 Å². The highest BCUT2D eigenvalue weighted by molar-refractivity contribution is 4.92. The van der Waals surface area contributed by atoms with Crippen molar-refractivity contribution in [2.45, 2.75) is 19.4 Å². The average Bonchev–Trinajstić information content (AvgIpc) is 2.54. The van der Waals surface area contributed by atoms with Crippen LogP contribution in [0.1, 0.15) is 18.1 Å². The van der Waals surface area contributed by atoms with Crippen molar-refractivity contribution in [2.75, 3.05) is 20.7 Å².